The van der Waals surface area contributed by atoms with Crippen molar-refractivity contribution in [3.63, 3.8) is 0 Å². The Kier molecular flexibility index (Phi) is 3.38. The molecule has 2 aliphatic carbocycles. The Morgan fingerprint density at radius 2 is 1.89 bits per heavy atom. The van der Waals surface area contributed by atoms with Crippen LogP contribution in [0.4, 0.5) is 4.39 Å². The van der Waals surface area contributed by atoms with E-state index in [2.05, 4.69) is 5.32 Å². The molecule has 0 amide bonds. The van der Waals surface area contributed by atoms with Gasteiger partial charge in [-0.25, -0.2) is 4.39 Å². The van der Waals surface area contributed by atoms with Crippen LogP contribution in [0.2, 0.25) is 0 Å². The summed E-state index contributed by atoms with van der Waals surface area (Å²) in [5.74, 6) is -0.0815. The maximum absolute atomic E-state index is 13.6. The van der Waals surface area contributed by atoms with Crippen molar-refractivity contribution in [2.75, 3.05) is 0 Å². The van der Waals surface area contributed by atoms with E-state index in [0.717, 1.165) is 5.56 Å². The van der Waals surface area contributed by atoms with Gasteiger partial charge in [0.25, 0.3) is 0 Å². The van der Waals surface area contributed by atoms with Crippen molar-refractivity contribution in [2.45, 2.75) is 57.5 Å². The largest absolute Gasteiger partial charge is 0.309 e. The SMILES string of the molecule is Fc1ccccc1CNC1CCC12CCCCC2. The third-order valence-electron chi connectivity index (χ3n) is 5.02. The van der Waals surface area contributed by atoms with Crippen LogP contribution in [0.25, 0.3) is 0 Å². The first kappa shape index (κ1) is 12.2. The van der Waals surface area contributed by atoms with E-state index in [0.29, 0.717) is 18.0 Å². The van der Waals surface area contributed by atoms with Gasteiger partial charge in [-0.2, -0.15) is 0 Å². The number of hydrogen-bond donors (Lipinski definition) is 1. The second kappa shape index (κ2) is 5.00. The first-order chi connectivity index (χ1) is 8.80. The van der Waals surface area contributed by atoms with E-state index < -0.39 is 0 Å². The first-order valence-electron chi connectivity index (χ1n) is 7.27. The summed E-state index contributed by atoms with van der Waals surface area (Å²) in [6.45, 7) is 0.680. The molecule has 0 bridgehead atoms. The summed E-state index contributed by atoms with van der Waals surface area (Å²) < 4.78 is 13.6. The molecule has 2 aliphatic rings. The highest BCUT2D eigenvalue weighted by Gasteiger charge is 2.46. The fraction of sp³-hybridized carbons (Fsp3) is 0.625. The summed E-state index contributed by atoms with van der Waals surface area (Å²) in [5.41, 5.74) is 1.36. The normalized spacial score (nSPS) is 25.9. The zero-order valence-electron chi connectivity index (χ0n) is 10.9. The second-order valence-electron chi connectivity index (χ2n) is 5.99. The lowest BCUT2D eigenvalue weighted by Gasteiger charge is -2.52. The minimum absolute atomic E-state index is 0.0815. The molecule has 1 nitrogen and oxygen atoms in total. The molecule has 0 aliphatic heterocycles. The molecule has 0 aromatic heterocycles. The van der Waals surface area contributed by atoms with Crippen LogP contribution in [0.1, 0.15) is 50.5 Å². The van der Waals surface area contributed by atoms with Gasteiger partial charge in [0.15, 0.2) is 0 Å². The van der Waals surface area contributed by atoms with Gasteiger partial charge in [0.2, 0.25) is 0 Å². The van der Waals surface area contributed by atoms with Gasteiger partial charge in [0, 0.05) is 18.2 Å². The van der Waals surface area contributed by atoms with E-state index in [1.165, 1.54) is 44.9 Å². The van der Waals surface area contributed by atoms with Crippen LogP contribution in [0, 0.1) is 11.2 Å². The van der Waals surface area contributed by atoms with Gasteiger partial charge >= 0.3 is 0 Å². The molecule has 3 rings (SSSR count). The highest BCUT2D eigenvalue weighted by atomic mass is 19.1. The third-order valence-corrected chi connectivity index (χ3v) is 5.02. The fourth-order valence-corrected chi connectivity index (χ4v) is 3.74. The number of rotatable bonds is 3. The van der Waals surface area contributed by atoms with Crippen molar-refractivity contribution < 1.29 is 4.39 Å². The van der Waals surface area contributed by atoms with Crippen LogP contribution in [0.3, 0.4) is 0 Å². The predicted molar refractivity (Wildman–Crippen MR) is 71.8 cm³/mol. The maximum atomic E-state index is 13.6. The average Bonchev–Trinajstić information content (AvgIpc) is 2.41. The van der Waals surface area contributed by atoms with E-state index >= 15 is 0 Å². The summed E-state index contributed by atoms with van der Waals surface area (Å²) in [7, 11) is 0. The van der Waals surface area contributed by atoms with Crippen LogP contribution >= 0.6 is 0 Å². The molecule has 2 heteroatoms. The van der Waals surface area contributed by atoms with Crippen molar-refractivity contribution in [3.05, 3.63) is 35.6 Å². The highest BCUT2D eigenvalue weighted by Crippen LogP contribution is 2.51. The van der Waals surface area contributed by atoms with Gasteiger partial charge in [-0.15, -0.1) is 0 Å². The van der Waals surface area contributed by atoms with Gasteiger partial charge in [-0.3, -0.25) is 0 Å². The molecule has 1 N–H and O–H groups in total. The predicted octanol–water partition coefficient (Wildman–Crippen LogP) is 4.03. The van der Waals surface area contributed by atoms with Crippen LogP contribution in [0.5, 0.6) is 0 Å². The number of halogens is 1. The highest BCUT2D eigenvalue weighted by molar-refractivity contribution is 5.17. The third kappa shape index (κ3) is 2.18. The summed E-state index contributed by atoms with van der Waals surface area (Å²) in [4.78, 5) is 0. The molecule has 1 unspecified atom stereocenters. The molecule has 0 radical (unpaired) electrons. The molecule has 18 heavy (non-hydrogen) atoms. The van der Waals surface area contributed by atoms with E-state index in [9.17, 15) is 4.39 Å². The molecule has 98 valence electrons. The van der Waals surface area contributed by atoms with Crippen LogP contribution < -0.4 is 5.32 Å². The standard InChI is InChI=1S/C16H22FN/c17-14-7-3-2-6-13(14)12-18-15-8-11-16(15)9-4-1-5-10-16/h2-3,6-7,15,18H,1,4-5,8-12H2. The molecule has 1 spiro atoms. The van der Waals surface area contributed by atoms with Crippen molar-refractivity contribution in [1.82, 2.24) is 5.32 Å². The Morgan fingerprint density at radius 1 is 1.11 bits per heavy atom. The van der Waals surface area contributed by atoms with Crippen LogP contribution in [0.15, 0.2) is 24.3 Å². The van der Waals surface area contributed by atoms with Gasteiger partial charge < -0.3 is 5.32 Å². The summed E-state index contributed by atoms with van der Waals surface area (Å²) in [6, 6.07) is 7.72. The van der Waals surface area contributed by atoms with E-state index in [1.807, 2.05) is 12.1 Å². The maximum Gasteiger partial charge on any atom is 0.127 e. The summed E-state index contributed by atoms with van der Waals surface area (Å²) in [6.07, 6.45) is 9.58. The lowest BCUT2D eigenvalue weighted by atomic mass is 9.57. The van der Waals surface area contributed by atoms with Gasteiger partial charge in [0.05, 0.1) is 0 Å². The average molecular weight is 247 g/mol. The van der Waals surface area contributed by atoms with Crippen molar-refractivity contribution >= 4 is 0 Å². The lowest BCUT2D eigenvalue weighted by Crippen LogP contribution is -2.54. The molecule has 2 fully saturated rings. The Hall–Kier alpha value is -0.890. The Balaban J connectivity index is 1.59. The monoisotopic (exact) mass is 247 g/mol. The first-order valence-corrected chi connectivity index (χ1v) is 7.27. The van der Waals surface area contributed by atoms with Crippen molar-refractivity contribution in [3.8, 4) is 0 Å². The second-order valence-corrected chi connectivity index (χ2v) is 5.99. The summed E-state index contributed by atoms with van der Waals surface area (Å²) in [5, 5.41) is 3.60. The van der Waals surface area contributed by atoms with Crippen LogP contribution in [-0.4, -0.2) is 6.04 Å². The van der Waals surface area contributed by atoms with Gasteiger partial charge in [0.1, 0.15) is 5.82 Å². The Morgan fingerprint density at radius 3 is 2.56 bits per heavy atom. The van der Waals surface area contributed by atoms with Gasteiger partial charge in [-0.05, 0) is 37.2 Å². The topological polar surface area (TPSA) is 12.0 Å². The molecule has 1 atom stereocenters. The lowest BCUT2D eigenvalue weighted by molar-refractivity contribution is 0.0220. The van der Waals surface area contributed by atoms with Crippen LogP contribution in [-0.2, 0) is 6.54 Å². The Labute approximate surface area is 109 Å². The molecule has 1 aromatic rings. The minimum Gasteiger partial charge on any atom is -0.309 e. The zero-order valence-corrected chi connectivity index (χ0v) is 10.9. The fourth-order valence-electron chi connectivity index (χ4n) is 3.74. The zero-order chi connectivity index (χ0) is 12.4. The smallest absolute Gasteiger partial charge is 0.127 e. The van der Waals surface area contributed by atoms with Crippen molar-refractivity contribution in [1.29, 1.82) is 0 Å². The minimum atomic E-state index is -0.0815. The number of hydrogen-bond acceptors (Lipinski definition) is 1. The Bertz CT molecular complexity index is 409. The molecule has 2 saturated carbocycles. The quantitative estimate of drug-likeness (QED) is 0.850. The van der Waals surface area contributed by atoms with E-state index in [4.69, 9.17) is 0 Å². The molecular weight excluding hydrogens is 225 g/mol. The van der Waals surface area contributed by atoms with Crippen molar-refractivity contribution in [2.24, 2.45) is 5.41 Å². The van der Waals surface area contributed by atoms with E-state index in [-0.39, 0.29) is 5.82 Å². The number of benzene rings is 1. The van der Waals surface area contributed by atoms with Gasteiger partial charge in [-0.1, -0.05) is 37.5 Å². The van der Waals surface area contributed by atoms with E-state index in [1.54, 1.807) is 12.1 Å². The molecule has 0 heterocycles. The molecular formula is C16H22FN. The molecule has 0 saturated heterocycles. The summed E-state index contributed by atoms with van der Waals surface area (Å²) >= 11 is 0. The molecule has 1 aromatic carbocycles. The number of nitrogens with one attached hydrogen (secondary N) is 1.